The van der Waals surface area contributed by atoms with Crippen LogP contribution in [0.1, 0.15) is 39.3 Å². The molecule has 1 N–H and O–H groups in total. The lowest BCUT2D eigenvalue weighted by molar-refractivity contribution is -0.133. The summed E-state index contributed by atoms with van der Waals surface area (Å²) in [4.78, 5) is 29.2. The number of hydrogen-bond acceptors (Lipinski definition) is 4. The summed E-state index contributed by atoms with van der Waals surface area (Å²) in [7, 11) is 0. The van der Waals surface area contributed by atoms with Crippen molar-refractivity contribution in [1.29, 1.82) is 0 Å². The van der Waals surface area contributed by atoms with E-state index >= 15 is 0 Å². The van der Waals surface area contributed by atoms with Gasteiger partial charge in [0.15, 0.2) is 0 Å². The molecule has 0 atom stereocenters. The van der Waals surface area contributed by atoms with Gasteiger partial charge in [-0.2, -0.15) is 5.10 Å². The topological polar surface area (TPSA) is 70.5 Å². The lowest BCUT2D eigenvalue weighted by Gasteiger charge is -2.36. The number of carbonyl (C=O) groups is 2. The lowest BCUT2D eigenvalue weighted by atomic mass is 9.92. The van der Waals surface area contributed by atoms with E-state index in [0.29, 0.717) is 37.7 Å². The lowest BCUT2D eigenvalue weighted by Crippen LogP contribution is -2.49. The maximum atomic E-state index is 14.0. The highest BCUT2D eigenvalue weighted by molar-refractivity contribution is 5.93. The van der Waals surface area contributed by atoms with Crippen LogP contribution in [0.5, 0.6) is 0 Å². The number of benzene rings is 2. The molecule has 1 saturated heterocycles. The standard InChI is InChI=1S/C27H32FN5O2/c1-27(2,3)23-19-24(33(30-23)20-9-5-4-6-10-20)29-25(34)13-14-26(35)32-17-15-31(16-18-32)22-12-8-7-11-21(22)28/h4-12,19H,13-18H2,1-3H3,(H,29,34). The Kier molecular flexibility index (Phi) is 7.19. The molecule has 0 spiro atoms. The number of piperazine rings is 1. The first-order valence-electron chi connectivity index (χ1n) is 12.0. The quantitative estimate of drug-likeness (QED) is 0.572. The van der Waals surface area contributed by atoms with Crippen molar-refractivity contribution in [2.45, 2.75) is 39.0 Å². The number of hydrogen-bond donors (Lipinski definition) is 1. The molecule has 0 aliphatic carbocycles. The highest BCUT2D eigenvalue weighted by Crippen LogP contribution is 2.26. The number of aromatic nitrogens is 2. The molecule has 3 aromatic rings. The van der Waals surface area contributed by atoms with E-state index in [0.717, 1.165) is 11.4 Å². The van der Waals surface area contributed by atoms with Crippen LogP contribution in [-0.2, 0) is 15.0 Å². The fraction of sp³-hybridized carbons (Fsp3) is 0.370. The summed E-state index contributed by atoms with van der Waals surface area (Å²) in [6, 6.07) is 18.2. The first-order valence-corrected chi connectivity index (χ1v) is 12.0. The first kappa shape index (κ1) is 24.4. The minimum Gasteiger partial charge on any atom is -0.366 e. The van der Waals surface area contributed by atoms with Gasteiger partial charge in [-0.3, -0.25) is 9.59 Å². The van der Waals surface area contributed by atoms with E-state index in [2.05, 4.69) is 26.1 Å². The minimum atomic E-state index is -0.256. The molecule has 7 nitrogen and oxygen atoms in total. The molecular formula is C27H32FN5O2. The van der Waals surface area contributed by atoms with Crippen molar-refractivity contribution in [3.8, 4) is 5.69 Å². The van der Waals surface area contributed by atoms with E-state index in [1.807, 2.05) is 47.4 Å². The maximum absolute atomic E-state index is 14.0. The smallest absolute Gasteiger partial charge is 0.226 e. The summed E-state index contributed by atoms with van der Waals surface area (Å²) in [6.07, 6.45) is 0.203. The number of nitrogens with one attached hydrogen (secondary N) is 1. The van der Waals surface area contributed by atoms with Crippen LogP contribution in [-0.4, -0.2) is 52.7 Å². The van der Waals surface area contributed by atoms with Crippen LogP contribution in [0, 0.1) is 5.82 Å². The molecule has 1 aliphatic rings. The molecule has 0 unspecified atom stereocenters. The first-order chi connectivity index (χ1) is 16.7. The van der Waals surface area contributed by atoms with Crippen molar-refractivity contribution in [1.82, 2.24) is 14.7 Å². The Morgan fingerprint density at radius 3 is 2.26 bits per heavy atom. The highest BCUT2D eigenvalue weighted by atomic mass is 19.1. The van der Waals surface area contributed by atoms with Crippen molar-refractivity contribution in [2.24, 2.45) is 0 Å². The highest BCUT2D eigenvalue weighted by Gasteiger charge is 2.24. The number of nitrogens with zero attached hydrogens (tertiary/aromatic N) is 4. The van der Waals surface area contributed by atoms with Crippen molar-refractivity contribution in [3.63, 3.8) is 0 Å². The maximum Gasteiger partial charge on any atom is 0.226 e. The largest absolute Gasteiger partial charge is 0.366 e. The average molecular weight is 478 g/mol. The van der Waals surface area contributed by atoms with Gasteiger partial charge in [-0.25, -0.2) is 9.07 Å². The summed E-state index contributed by atoms with van der Waals surface area (Å²) in [5.41, 5.74) is 2.09. The van der Waals surface area contributed by atoms with Crippen molar-refractivity contribution >= 4 is 23.3 Å². The van der Waals surface area contributed by atoms with Crippen molar-refractivity contribution in [2.75, 3.05) is 36.4 Å². The zero-order valence-electron chi connectivity index (χ0n) is 20.5. The molecule has 4 rings (SSSR count). The van der Waals surface area contributed by atoms with Crippen LogP contribution in [0.15, 0.2) is 60.7 Å². The van der Waals surface area contributed by atoms with Gasteiger partial charge in [-0.1, -0.05) is 51.1 Å². The molecule has 0 radical (unpaired) electrons. The van der Waals surface area contributed by atoms with Crippen LogP contribution >= 0.6 is 0 Å². The predicted molar refractivity (Wildman–Crippen MR) is 135 cm³/mol. The average Bonchev–Trinajstić information content (AvgIpc) is 3.28. The van der Waals surface area contributed by atoms with Crippen molar-refractivity contribution in [3.05, 3.63) is 72.2 Å². The molecule has 2 heterocycles. The molecule has 1 aromatic heterocycles. The molecule has 1 aliphatic heterocycles. The summed E-state index contributed by atoms with van der Waals surface area (Å²) < 4.78 is 15.8. The number of carbonyl (C=O) groups excluding carboxylic acids is 2. The Bertz CT molecular complexity index is 1180. The monoisotopic (exact) mass is 477 g/mol. The van der Waals surface area contributed by atoms with E-state index in [1.165, 1.54) is 6.07 Å². The number of para-hydroxylation sites is 2. The molecule has 2 aromatic carbocycles. The van der Waals surface area contributed by atoms with Gasteiger partial charge in [0.05, 0.1) is 17.1 Å². The second kappa shape index (κ2) is 10.3. The summed E-state index contributed by atoms with van der Waals surface area (Å²) in [5.74, 6) is 0.0200. The van der Waals surface area contributed by atoms with Gasteiger partial charge < -0.3 is 15.1 Å². The van der Waals surface area contributed by atoms with Gasteiger partial charge in [0.25, 0.3) is 0 Å². The molecule has 2 amide bonds. The molecule has 8 heteroatoms. The van der Waals surface area contributed by atoms with Gasteiger partial charge >= 0.3 is 0 Å². The Hall–Kier alpha value is -3.68. The second-order valence-electron chi connectivity index (χ2n) is 9.78. The molecule has 184 valence electrons. The molecule has 35 heavy (non-hydrogen) atoms. The fourth-order valence-electron chi connectivity index (χ4n) is 4.09. The van der Waals surface area contributed by atoms with Gasteiger partial charge in [-0.05, 0) is 24.3 Å². The zero-order valence-corrected chi connectivity index (χ0v) is 20.5. The Morgan fingerprint density at radius 2 is 1.60 bits per heavy atom. The zero-order chi connectivity index (χ0) is 25.0. The molecule has 1 fully saturated rings. The summed E-state index contributed by atoms with van der Waals surface area (Å²) >= 11 is 0. The van der Waals surface area contributed by atoms with E-state index in [1.54, 1.807) is 21.7 Å². The third kappa shape index (κ3) is 5.88. The summed E-state index contributed by atoms with van der Waals surface area (Å²) in [6.45, 7) is 8.34. The third-order valence-corrected chi connectivity index (χ3v) is 6.14. The molecule has 0 bridgehead atoms. The third-order valence-electron chi connectivity index (χ3n) is 6.14. The van der Waals surface area contributed by atoms with Crippen LogP contribution in [0.4, 0.5) is 15.9 Å². The Morgan fingerprint density at radius 1 is 0.943 bits per heavy atom. The van der Waals surface area contributed by atoms with Gasteiger partial charge in [0, 0.05) is 50.5 Å². The van der Waals surface area contributed by atoms with E-state index in [9.17, 15) is 14.0 Å². The van der Waals surface area contributed by atoms with E-state index in [4.69, 9.17) is 5.10 Å². The van der Waals surface area contributed by atoms with Crippen LogP contribution in [0.2, 0.25) is 0 Å². The van der Waals surface area contributed by atoms with Gasteiger partial charge in [0.2, 0.25) is 11.8 Å². The van der Waals surface area contributed by atoms with Crippen LogP contribution < -0.4 is 10.2 Å². The number of anilines is 2. The molecule has 0 saturated carbocycles. The molecular weight excluding hydrogens is 445 g/mol. The number of amides is 2. The second-order valence-corrected chi connectivity index (χ2v) is 9.78. The van der Waals surface area contributed by atoms with E-state index in [-0.39, 0.29) is 35.9 Å². The normalized spacial score (nSPS) is 14.2. The summed E-state index contributed by atoms with van der Waals surface area (Å²) in [5, 5.41) is 7.64. The van der Waals surface area contributed by atoms with Gasteiger partial charge in [0.1, 0.15) is 11.6 Å². The number of halogens is 1. The van der Waals surface area contributed by atoms with Gasteiger partial charge in [-0.15, -0.1) is 0 Å². The van der Waals surface area contributed by atoms with Crippen molar-refractivity contribution < 1.29 is 14.0 Å². The Balaban J connectivity index is 1.34. The number of rotatable bonds is 6. The fourth-order valence-corrected chi connectivity index (χ4v) is 4.09. The SMILES string of the molecule is CC(C)(C)c1cc(NC(=O)CCC(=O)N2CCN(c3ccccc3F)CC2)n(-c2ccccc2)n1. The minimum absolute atomic E-state index is 0.0692. The Labute approximate surface area is 205 Å². The van der Waals surface area contributed by atoms with E-state index < -0.39 is 0 Å². The van der Waals surface area contributed by atoms with Crippen LogP contribution in [0.3, 0.4) is 0 Å². The predicted octanol–water partition coefficient (Wildman–Crippen LogP) is 4.38. The van der Waals surface area contributed by atoms with Crippen LogP contribution in [0.25, 0.3) is 5.69 Å².